The molecule has 0 radical (unpaired) electrons. The summed E-state index contributed by atoms with van der Waals surface area (Å²) in [6.07, 6.45) is 0.989. The van der Waals surface area contributed by atoms with E-state index in [4.69, 9.17) is 5.73 Å². The Morgan fingerprint density at radius 2 is 2.31 bits per heavy atom. The van der Waals surface area contributed by atoms with Crippen molar-refractivity contribution in [3.05, 3.63) is 15.6 Å². The average molecular weight is 214 g/mol. The Morgan fingerprint density at radius 1 is 1.54 bits per heavy atom. The first kappa shape index (κ1) is 9.49. The third-order valence-corrected chi connectivity index (χ3v) is 4.92. The standard InChI is InChI=1S/C9H14N2S2/c1-6-8(2-3-10)13-9(11-6)7-4-12-5-7/h7H,2-5,10H2,1H3. The van der Waals surface area contributed by atoms with Gasteiger partial charge in [0, 0.05) is 22.3 Å². The largest absolute Gasteiger partial charge is 0.330 e. The van der Waals surface area contributed by atoms with Crippen LogP contribution >= 0.6 is 23.1 Å². The Kier molecular flexibility index (Phi) is 2.91. The monoisotopic (exact) mass is 214 g/mol. The lowest BCUT2D eigenvalue weighted by molar-refractivity contribution is 0.831. The topological polar surface area (TPSA) is 38.9 Å². The van der Waals surface area contributed by atoms with Crippen LogP contribution in [0.1, 0.15) is 21.5 Å². The number of nitrogens with two attached hydrogens (primary N) is 1. The lowest BCUT2D eigenvalue weighted by Gasteiger charge is -2.22. The van der Waals surface area contributed by atoms with Crippen molar-refractivity contribution in [3.63, 3.8) is 0 Å². The molecule has 1 saturated heterocycles. The molecule has 1 aromatic rings. The van der Waals surface area contributed by atoms with E-state index in [9.17, 15) is 0 Å². The van der Waals surface area contributed by atoms with Crippen LogP contribution in [-0.2, 0) is 6.42 Å². The number of hydrogen-bond acceptors (Lipinski definition) is 4. The molecule has 1 aliphatic rings. The Hall–Kier alpha value is -0.0600. The number of thiazole rings is 1. The lowest BCUT2D eigenvalue weighted by Crippen LogP contribution is -2.14. The molecule has 2 rings (SSSR count). The van der Waals surface area contributed by atoms with E-state index in [1.165, 1.54) is 27.1 Å². The number of rotatable bonds is 3. The van der Waals surface area contributed by atoms with Gasteiger partial charge in [0.25, 0.3) is 0 Å². The average Bonchev–Trinajstić information content (AvgIpc) is 2.30. The molecule has 4 heteroatoms. The summed E-state index contributed by atoms with van der Waals surface area (Å²) in [6.45, 7) is 2.83. The molecule has 72 valence electrons. The fraction of sp³-hybridized carbons (Fsp3) is 0.667. The molecule has 13 heavy (non-hydrogen) atoms. The Bertz CT molecular complexity index is 292. The number of thioether (sulfide) groups is 1. The van der Waals surface area contributed by atoms with Crippen LogP contribution in [0.5, 0.6) is 0 Å². The molecule has 1 aromatic heterocycles. The summed E-state index contributed by atoms with van der Waals surface area (Å²) in [5, 5.41) is 1.33. The van der Waals surface area contributed by atoms with Gasteiger partial charge < -0.3 is 5.73 Å². The van der Waals surface area contributed by atoms with Gasteiger partial charge in [0.1, 0.15) is 0 Å². The van der Waals surface area contributed by atoms with E-state index in [2.05, 4.69) is 11.9 Å². The van der Waals surface area contributed by atoms with E-state index in [0.717, 1.165) is 18.9 Å². The van der Waals surface area contributed by atoms with Crippen LogP contribution in [0.2, 0.25) is 0 Å². The van der Waals surface area contributed by atoms with Crippen molar-refractivity contribution in [1.82, 2.24) is 4.98 Å². The second kappa shape index (κ2) is 3.98. The van der Waals surface area contributed by atoms with E-state index in [0.29, 0.717) is 0 Å². The van der Waals surface area contributed by atoms with Gasteiger partial charge in [-0.1, -0.05) is 0 Å². The molecule has 0 bridgehead atoms. The zero-order chi connectivity index (χ0) is 9.26. The van der Waals surface area contributed by atoms with E-state index < -0.39 is 0 Å². The summed E-state index contributed by atoms with van der Waals surface area (Å²) in [5.74, 6) is 3.25. The van der Waals surface area contributed by atoms with Crippen LogP contribution in [0.15, 0.2) is 0 Å². The van der Waals surface area contributed by atoms with Gasteiger partial charge in [-0.15, -0.1) is 11.3 Å². The van der Waals surface area contributed by atoms with Gasteiger partial charge in [-0.2, -0.15) is 11.8 Å². The van der Waals surface area contributed by atoms with Gasteiger partial charge in [-0.3, -0.25) is 0 Å². The molecule has 2 nitrogen and oxygen atoms in total. The maximum Gasteiger partial charge on any atom is 0.0978 e. The van der Waals surface area contributed by atoms with Crippen LogP contribution in [-0.4, -0.2) is 23.0 Å². The lowest BCUT2D eigenvalue weighted by atomic mass is 10.2. The molecule has 0 aliphatic carbocycles. The third-order valence-electron chi connectivity index (χ3n) is 2.27. The second-order valence-electron chi connectivity index (χ2n) is 3.33. The molecule has 0 saturated carbocycles. The minimum atomic E-state index is 0.736. The van der Waals surface area contributed by atoms with Crippen molar-refractivity contribution in [2.75, 3.05) is 18.1 Å². The number of aromatic nitrogens is 1. The number of nitrogens with zero attached hydrogens (tertiary/aromatic N) is 1. The Balaban J connectivity index is 2.14. The molecule has 1 fully saturated rings. The molecule has 0 amide bonds. The smallest absolute Gasteiger partial charge is 0.0978 e. The van der Waals surface area contributed by atoms with Crippen molar-refractivity contribution < 1.29 is 0 Å². The molecule has 1 aliphatic heterocycles. The second-order valence-corrected chi connectivity index (χ2v) is 5.52. The molecule has 0 aromatic carbocycles. The minimum absolute atomic E-state index is 0.736. The van der Waals surface area contributed by atoms with Crippen LogP contribution in [0.3, 0.4) is 0 Å². The quantitative estimate of drug-likeness (QED) is 0.833. The van der Waals surface area contributed by atoms with Gasteiger partial charge in [0.15, 0.2) is 0 Å². The van der Waals surface area contributed by atoms with Gasteiger partial charge in [-0.25, -0.2) is 4.98 Å². The maximum absolute atomic E-state index is 5.54. The van der Waals surface area contributed by atoms with Crippen LogP contribution in [0.4, 0.5) is 0 Å². The summed E-state index contributed by atoms with van der Waals surface area (Å²) in [5.41, 5.74) is 6.73. The molecule has 0 atom stereocenters. The normalized spacial score (nSPS) is 17.4. The van der Waals surface area contributed by atoms with Crippen LogP contribution in [0.25, 0.3) is 0 Å². The van der Waals surface area contributed by atoms with Gasteiger partial charge in [-0.05, 0) is 19.9 Å². The SMILES string of the molecule is Cc1nc(C2CSC2)sc1CCN. The molecular weight excluding hydrogens is 200 g/mol. The van der Waals surface area contributed by atoms with Crippen molar-refractivity contribution in [3.8, 4) is 0 Å². The minimum Gasteiger partial charge on any atom is -0.330 e. The fourth-order valence-corrected chi connectivity index (χ4v) is 3.55. The fourth-order valence-electron chi connectivity index (χ4n) is 1.37. The van der Waals surface area contributed by atoms with E-state index >= 15 is 0 Å². The van der Waals surface area contributed by atoms with Crippen molar-refractivity contribution in [2.24, 2.45) is 5.73 Å². The molecule has 2 N–H and O–H groups in total. The Labute approximate surface area is 86.9 Å². The third kappa shape index (κ3) is 1.90. The molecular formula is C9H14N2S2. The predicted octanol–water partition coefficient (Wildman–Crippen LogP) is 1.78. The highest BCUT2D eigenvalue weighted by Gasteiger charge is 2.24. The van der Waals surface area contributed by atoms with Gasteiger partial charge >= 0.3 is 0 Å². The zero-order valence-corrected chi connectivity index (χ0v) is 9.38. The number of aryl methyl sites for hydroxylation is 1. The predicted molar refractivity (Wildman–Crippen MR) is 59.7 cm³/mol. The summed E-state index contributed by atoms with van der Waals surface area (Å²) in [6, 6.07) is 0. The van der Waals surface area contributed by atoms with Crippen molar-refractivity contribution in [1.29, 1.82) is 0 Å². The first-order valence-corrected chi connectivity index (χ1v) is 6.52. The summed E-state index contributed by atoms with van der Waals surface area (Å²) in [4.78, 5) is 5.98. The highest BCUT2D eigenvalue weighted by atomic mass is 32.2. The highest BCUT2D eigenvalue weighted by molar-refractivity contribution is 8.00. The molecule has 0 spiro atoms. The van der Waals surface area contributed by atoms with E-state index in [-0.39, 0.29) is 0 Å². The first-order chi connectivity index (χ1) is 6.31. The summed E-state index contributed by atoms with van der Waals surface area (Å²) < 4.78 is 0. The highest BCUT2D eigenvalue weighted by Crippen LogP contribution is 2.36. The maximum atomic E-state index is 5.54. The van der Waals surface area contributed by atoms with Gasteiger partial charge in [0.2, 0.25) is 0 Å². The summed E-state index contributed by atoms with van der Waals surface area (Å²) >= 11 is 3.87. The summed E-state index contributed by atoms with van der Waals surface area (Å²) in [7, 11) is 0. The van der Waals surface area contributed by atoms with E-state index in [1.807, 2.05) is 23.1 Å². The Morgan fingerprint density at radius 3 is 2.85 bits per heavy atom. The van der Waals surface area contributed by atoms with E-state index in [1.54, 1.807) is 0 Å². The van der Waals surface area contributed by atoms with Crippen molar-refractivity contribution >= 4 is 23.1 Å². The van der Waals surface area contributed by atoms with Crippen molar-refractivity contribution in [2.45, 2.75) is 19.3 Å². The molecule has 0 unspecified atom stereocenters. The van der Waals surface area contributed by atoms with Crippen LogP contribution < -0.4 is 5.73 Å². The van der Waals surface area contributed by atoms with Gasteiger partial charge in [0.05, 0.1) is 10.7 Å². The number of hydrogen-bond donors (Lipinski definition) is 1. The first-order valence-electron chi connectivity index (χ1n) is 4.55. The molecule has 2 heterocycles. The zero-order valence-electron chi connectivity index (χ0n) is 7.75. The van der Waals surface area contributed by atoms with Crippen LogP contribution in [0, 0.1) is 6.92 Å².